The summed E-state index contributed by atoms with van der Waals surface area (Å²) >= 11 is 3.38. The summed E-state index contributed by atoms with van der Waals surface area (Å²) in [4.78, 5) is 0. The van der Waals surface area contributed by atoms with Crippen LogP contribution in [0.4, 0.5) is 4.39 Å². The number of methoxy groups -OCH3 is 1. The van der Waals surface area contributed by atoms with Crippen LogP contribution in [-0.2, 0) is 11.2 Å². The molecule has 2 nitrogen and oxygen atoms in total. The fourth-order valence-corrected chi connectivity index (χ4v) is 1.82. The van der Waals surface area contributed by atoms with Crippen LogP contribution >= 0.6 is 15.9 Å². The second-order valence-electron chi connectivity index (χ2n) is 3.49. The smallest absolute Gasteiger partial charge is 0.123 e. The van der Waals surface area contributed by atoms with Gasteiger partial charge in [0.2, 0.25) is 0 Å². The third kappa shape index (κ3) is 4.28. The van der Waals surface area contributed by atoms with E-state index in [4.69, 9.17) is 10.5 Å². The van der Waals surface area contributed by atoms with Gasteiger partial charge in [0.15, 0.2) is 0 Å². The number of rotatable bonds is 5. The fourth-order valence-electron chi connectivity index (χ4n) is 1.37. The lowest BCUT2D eigenvalue weighted by Gasteiger charge is -2.10. The number of hydrogen-bond donors (Lipinski definition) is 1. The van der Waals surface area contributed by atoms with E-state index in [0.29, 0.717) is 6.61 Å². The number of halogens is 2. The van der Waals surface area contributed by atoms with Crippen molar-refractivity contribution >= 4 is 15.9 Å². The van der Waals surface area contributed by atoms with Crippen molar-refractivity contribution in [3.8, 4) is 0 Å². The van der Waals surface area contributed by atoms with E-state index in [0.717, 1.165) is 22.9 Å². The van der Waals surface area contributed by atoms with Gasteiger partial charge < -0.3 is 10.5 Å². The molecule has 0 saturated carbocycles. The lowest BCUT2D eigenvalue weighted by atomic mass is 10.1. The summed E-state index contributed by atoms with van der Waals surface area (Å²) in [6.45, 7) is 0.535. The zero-order chi connectivity index (χ0) is 11.3. The van der Waals surface area contributed by atoms with Gasteiger partial charge in [-0.05, 0) is 36.6 Å². The molecule has 1 rings (SSSR count). The Bertz CT molecular complexity index is 319. The lowest BCUT2D eigenvalue weighted by Crippen LogP contribution is -2.26. The van der Waals surface area contributed by atoms with Gasteiger partial charge in [-0.2, -0.15) is 0 Å². The summed E-state index contributed by atoms with van der Waals surface area (Å²) in [6, 6.07) is 4.68. The van der Waals surface area contributed by atoms with E-state index in [-0.39, 0.29) is 11.9 Å². The Morgan fingerprint density at radius 2 is 2.27 bits per heavy atom. The molecule has 1 unspecified atom stereocenters. The van der Waals surface area contributed by atoms with Crippen molar-refractivity contribution < 1.29 is 9.13 Å². The largest absolute Gasteiger partial charge is 0.383 e. The minimum absolute atomic E-state index is 0.00478. The second-order valence-corrected chi connectivity index (χ2v) is 4.34. The van der Waals surface area contributed by atoms with Crippen molar-refractivity contribution in [1.82, 2.24) is 0 Å². The number of nitrogens with two attached hydrogens (primary N) is 1. The van der Waals surface area contributed by atoms with Gasteiger partial charge in [-0.3, -0.25) is 0 Å². The van der Waals surface area contributed by atoms with Gasteiger partial charge in [-0.1, -0.05) is 15.9 Å². The monoisotopic (exact) mass is 275 g/mol. The molecule has 1 atom stereocenters. The average Bonchev–Trinajstić information content (AvgIpc) is 2.20. The molecule has 2 N–H and O–H groups in total. The number of benzene rings is 1. The predicted molar refractivity (Wildman–Crippen MR) is 62.3 cm³/mol. The Balaban J connectivity index is 2.53. The SMILES string of the molecule is COCC(N)CCc1cc(F)ccc1Br. The van der Waals surface area contributed by atoms with Crippen molar-refractivity contribution in [3.63, 3.8) is 0 Å². The Morgan fingerprint density at radius 3 is 2.93 bits per heavy atom. The van der Waals surface area contributed by atoms with E-state index in [1.807, 2.05) is 0 Å². The maximum absolute atomic E-state index is 12.9. The Morgan fingerprint density at radius 1 is 1.53 bits per heavy atom. The molecule has 84 valence electrons. The molecule has 15 heavy (non-hydrogen) atoms. The van der Waals surface area contributed by atoms with E-state index in [1.165, 1.54) is 12.1 Å². The molecule has 4 heteroatoms. The molecule has 0 aliphatic carbocycles. The first-order chi connectivity index (χ1) is 7.13. The molecule has 0 aliphatic rings. The molecule has 0 spiro atoms. The van der Waals surface area contributed by atoms with Crippen molar-refractivity contribution in [2.45, 2.75) is 18.9 Å². The molecule has 0 bridgehead atoms. The second kappa shape index (κ2) is 6.20. The molecule has 0 aromatic heterocycles. The van der Waals surface area contributed by atoms with Gasteiger partial charge in [-0.25, -0.2) is 4.39 Å². The quantitative estimate of drug-likeness (QED) is 0.896. The van der Waals surface area contributed by atoms with E-state index in [2.05, 4.69) is 15.9 Å². The molecule has 0 fully saturated rings. The van der Waals surface area contributed by atoms with Crippen LogP contribution in [0.2, 0.25) is 0 Å². The van der Waals surface area contributed by atoms with Crippen LogP contribution in [-0.4, -0.2) is 19.8 Å². The van der Waals surface area contributed by atoms with Crippen LogP contribution in [0.5, 0.6) is 0 Å². The topological polar surface area (TPSA) is 35.2 Å². The highest BCUT2D eigenvalue weighted by atomic mass is 79.9. The van der Waals surface area contributed by atoms with Crippen LogP contribution < -0.4 is 5.73 Å². The first kappa shape index (κ1) is 12.6. The predicted octanol–water partition coefficient (Wildman–Crippen LogP) is 2.49. The lowest BCUT2D eigenvalue weighted by molar-refractivity contribution is 0.177. The minimum Gasteiger partial charge on any atom is -0.383 e. The summed E-state index contributed by atoms with van der Waals surface area (Å²) in [7, 11) is 1.62. The van der Waals surface area contributed by atoms with Gasteiger partial charge in [0, 0.05) is 17.6 Å². The Kier molecular flexibility index (Phi) is 5.22. The zero-order valence-corrected chi connectivity index (χ0v) is 10.3. The van der Waals surface area contributed by atoms with E-state index in [1.54, 1.807) is 13.2 Å². The normalized spacial score (nSPS) is 12.8. The maximum Gasteiger partial charge on any atom is 0.123 e. The molecule has 1 aromatic rings. The highest BCUT2D eigenvalue weighted by Gasteiger charge is 2.06. The van der Waals surface area contributed by atoms with Crippen LogP contribution in [0.3, 0.4) is 0 Å². The average molecular weight is 276 g/mol. The van der Waals surface area contributed by atoms with E-state index >= 15 is 0 Å². The van der Waals surface area contributed by atoms with E-state index < -0.39 is 0 Å². The maximum atomic E-state index is 12.9. The molecule has 0 amide bonds. The standard InChI is InChI=1S/C11H15BrFNO/c1-15-7-10(14)4-2-8-6-9(13)3-5-11(8)12/h3,5-6,10H,2,4,7,14H2,1H3. The highest BCUT2D eigenvalue weighted by molar-refractivity contribution is 9.10. The number of aryl methyl sites for hydroxylation is 1. The minimum atomic E-state index is -0.214. The Hall–Kier alpha value is -0.450. The zero-order valence-electron chi connectivity index (χ0n) is 8.67. The molecular weight excluding hydrogens is 261 g/mol. The van der Waals surface area contributed by atoms with Gasteiger partial charge in [0.1, 0.15) is 5.82 Å². The summed E-state index contributed by atoms with van der Waals surface area (Å²) in [5, 5.41) is 0. The third-order valence-electron chi connectivity index (χ3n) is 2.17. The van der Waals surface area contributed by atoms with E-state index in [9.17, 15) is 4.39 Å². The molecule has 0 aliphatic heterocycles. The van der Waals surface area contributed by atoms with Crippen molar-refractivity contribution in [2.75, 3.05) is 13.7 Å². The first-order valence-corrected chi connectivity index (χ1v) is 5.61. The number of hydrogen-bond acceptors (Lipinski definition) is 2. The molecule has 0 heterocycles. The van der Waals surface area contributed by atoms with Crippen LogP contribution in [0.15, 0.2) is 22.7 Å². The van der Waals surface area contributed by atoms with Gasteiger partial charge in [0.05, 0.1) is 6.61 Å². The fraction of sp³-hybridized carbons (Fsp3) is 0.455. The summed E-state index contributed by atoms with van der Waals surface area (Å²) in [5.74, 6) is -0.214. The summed E-state index contributed by atoms with van der Waals surface area (Å²) in [5.41, 5.74) is 6.73. The van der Waals surface area contributed by atoms with Crippen molar-refractivity contribution in [3.05, 3.63) is 34.1 Å². The van der Waals surface area contributed by atoms with Gasteiger partial charge >= 0.3 is 0 Å². The molecule has 1 aromatic carbocycles. The van der Waals surface area contributed by atoms with Gasteiger partial charge in [0.25, 0.3) is 0 Å². The first-order valence-electron chi connectivity index (χ1n) is 4.82. The van der Waals surface area contributed by atoms with Crippen LogP contribution in [0.1, 0.15) is 12.0 Å². The van der Waals surface area contributed by atoms with Crippen LogP contribution in [0, 0.1) is 5.82 Å². The third-order valence-corrected chi connectivity index (χ3v) is 2.95. The molecule has 0 radical (unpaired) electrons. The number of ether oxygens (including phenoxy) is 1. The van der Waals surface area contributed by atoms with Crippen LogP contribution in [0.25, 0.3) is 0 Å². The summed E-state index contributed by atoms with van der Waals surface area (Å²) in [6.07, 6.45) is 1.54. The van der Waals surface area contributed by atoms with Gasteiger partial charge in [-0.15, -0.1) is 0 Å². The van der Waals surface area contributed by atoms with Crippen molar-refractivity contribution in [2.24, 2.45) is 5.73 Å². The Labute approximate surface area is 97.7 Å². The highest BCUT2D eigenvalue weighted by Crippen LogP contribution is 2.19. The summed E-state index contributed by atoms with van der Waals surface area (Å²) < 4.78 is 18.8. The molecule has 0 saturated heterocycles. The molecular formula is C11H15BrFNO. The van der Waals surface area contributed by atoms with Crippen molar-refractivity contribution in [1.29, 1.82) is 0 Å².